The predicted molar refractivity (Wildman–Crippen MR) is 101 cm³/mol. The molecule has 4 rings (SSSR count). The summed E-state index contributed by atoms with van der Waals surface area (Å²) < 4.78 is 5.53. The summed E-state index contributed by atoms with van der Waals surface area (Å²) in [7, 11) is 2.16. The molecule has 5 nitrogen and oxygen atoms in total. The van der Waals surface area contributed by atoms with Crippen LogP contribution >= 0.6 is 0 Å². The van der Waals surface area contributed by atoms with Crippen LogP contribution < -0.4 is 4.90 Å². The van der Waals surface area contributed by atoms with E-state index in [1.165, 1.54) is 31.1 Å². The summed E-state index contributed by atoms with van der Waals surface area (Å²) in [6.07, 6.45) is 6.27. The molecule has 2 saturated heterocycles. The normalized spacial score (nSPS) is 21.8. The van der Waals surface area contributed by atoms with Crippen LogP contribution in [0, 0.1) is 0 Å². The van der Waals surface area contributed by atoms with Crippen molar-refractivity contribution in [1.29, 1.82) is 0 Å². The highest BCUT2D eigenvalue weighted by atomic mass is 16.5. The van der Waals surface area contributed by atoms with Crippen molar-refractivity contribution in [3.05, 3.63) is 30.1 Å². The number of likely N-dealkylation sites (N-methyl/N-ethyl adjacent to an activating group) is 1. The van der Waals surface area contributed by atoms with Gasteiger partial charge in [-0.25, -0.2) is 9.97 Å². The average molecular weight is 340 g/mol. The van der Waals surface area contributed by atoms with Crippen molar-refractivity contribution in [2.24, 2.45) is 0 Å². The first-order chi connectivity index (χ1) is 12.3. The average Bonchev–Trinajstić information content (AvgIpc) is 3.04. The van der Waals surface area contributed by atoms with Crippen LogP contribution in [0.25, 0.3) is 10.9 Å². The molecule has 0 aliphatic carbocycles. The van der Waals surface area contributed by atoms with Gasteiger partial charge in [0.2, 0.25) is 0 Å². The lowest BCUT2D eigenvalue weighted by atomic mass is 10.2. The van der Waals surface area contributed by atoms with Gasteiger partial charge in [-0.15, -0.1) is 0 Å². The van der Waals surface area contributed by atoms with E-state index in [2.05, 4.69) is 41.1 Å². The maximum atomic E-state index is 5.53. The Morgan fingerprint density at radius 2 is 1.92 bits per heavy atom. The largest absolute Gasteiger partial charge is 0.380 e. The van der Waals surface area contributed by atoms with E-state index in [0.29, 0.717) is 6.04 Å². The fraction of sp³-hybridized carbons (Fsp3) is 0.600. The third-order valence-electron chi connectivity index (χ3n) is 5.45. The number of fused-ring (bicyclic) bond motifs is 1. The lowest BCUT2D eigenvalue weighted by Crippen LogP contribution is -2.32. The van der Waals surface area contributed by atoms with Crippen LogP contribution in [0.2, 0.25) is 0 Å². The molecule has 5 heteroatoms. The summed E-state index contributed by atoms with van der Waals surface area (Å²) in [5.41, 5.74) is 1.06. The summed E-state index contributed by atoms with van der Waals surface area (Å²) in [4.78, 5) is 14.7. The van der Waals surface area contributed by atoms with Crippen molar-refractivity contribution < 1.29 is 4.74 Å². The number of nitrogens with zero attached hydrogens (tertiary/aromatic N) is 4. The Kier molecular flexibility index (Phi) is 5.13. The highest BCUT2D eigenvalue weighted by Gasteiger charge is 2.22. The minimum Gasteiger partial charge on any atom is -0.380 e. The molecule has 1 unspecified atom stereocenters. The molecule has 0 N–H and O–H groups in total. The van der Waals surface area contributed by atoms with Gasteiger partial charge in [0.1, 0.15) is 11.6 Å². The zero-order valence-corrected chi connectivity index (χ0v) is 15.2. The van der Waals surface area contributed by atoms with Crippen molar-refractivity contribution in [3.8, 4) is 0 Å². The zero-order chi connectivity index (χ0) is 17.1. The molecule has 1 aromatic carbocycles. The summed E-state index contributed by atoms with van der Waals surface area (Å²) in [6, 6.07) is 8.92. The number of ether oxygens (including phenoxy) is 1. The van der Waals surface area contributed by atoms with Crippen LogP contribution in [0.3, 0.4) is 0 Å². The molecule has 2 fully saturated rings. The van der Waals surface area contributed by atoms with Crippen molar-refractivity contribution in [2.45, 2.75) is 44.7 Å². The molecule has 0 bridgehead atoms. The Labute approximate surface area is 150 Å². The first-order valence-electron chi connectivity index (χ1n) is 9.60. The van der Waals surface area contributed by atoms with Crippen molar-refractivity contribution in [1.82, 2.24) is 14.9 Å². The van der Waals surface area contributed by atoms with Gasteiger partial charge in [-0.2, -0.15) is 0 Å². The number of benzene rings is 1. The number of rotatable bonds is 4. The molecule has 2 aliphatic heterocycles. The van der Waals surface area contributed by atoms with Crippen LogP contribution in [0.15, 0.2) is 24.3 Å². The molecular weight excluding hydrogens is 312 g/mol. The number of para-hydroxylation sites is 1. The molecule has 0 spiro atoms. The van der Waals surface area contributed by atoms with Crippen LogP contribution in [-0.2, 0) is 11.3 Å². The minimum absolute atomic E-state index is 0.483. The fourth-order valence-corrected chi connectivity index (χ4v) is 3.92. The second kappa shape index (κ2) is 7.67. The maximum absolute atomic E-state index is 5.53. The van der Waals surface area contributed by atoms with E-state index >= 15 is 0 Å². The molecule has 1 aromatic heterocycles. The van der Waals surface area contributed by atoms with Crippen LogP contribution in [0.1, 0.15) is 37.9 Å². The van der Waals surface area contributed by atoms with Crippen molar-refractivity contribution in [2.75, 3.05) is 38.3 Å². The molecule has 25 heavy (non-hydrogen) atoms. The number of aromatic nitrogens is 2. The van der Waals surface area contributed by atoms with E-state index in [1.807, 2.05) is 0 Å². The van der Waals surface area contributed by atoms with Gasteiger partial charge in [0, 0.05) is 31.1 Å². The Morgan fingerprint density at radius 3 is 2.68 bits per heavy atom. The lowest BCUT2D eigenvalue weighted by Gasteiger charge is -2.25. The fourth-order valence-electron chi connectivity index (χ4n) is 3.92. The summed E-state index contributed by atoms with van der Waals surface area (Å²) in [6.45, 7) is 4.68. The van der Waals surface area contributed by atoms with E-state index in [-0.39, 0.29) is 0 Å². The van der Waals surface area contributed by atoms with E-state index in [9.17, 15) is 0 Å². The molecule has 0 radical (unpaired) electrons. The third kappa shape index (κ3) is 3.77. The van der Waals surface area contributed by atoms with E-state index in [0.717, 1.165) is 56.4 Å². The summed E-state index contributed by atoms with van der Waals surface area (Å²) in [5, 5.41) is 1.18. The van der Waals surface area contributed by atoms with Gasteiger partial charge in [-0.3, -0.25) is 4.90 Å². The quantitative estimate of drug-likeness (QED) is 0.855. The molecular formula is C20H28N4O. The van der Waals surface area contributed by atoms with Gasteiger partial charge in [-0.05, 0) is 38.4 Å². The first-order valence-corrected chi connectivity index (χ1v) is 9.60. The SMILES string of the molecule is CN(Cc1nc(N2CCCCCC2)c2ccccc2n1)C1CCOC1. The summed E-state index contributed by atoms with van der Waals surface area (Å²) >= 11 is 0. The predicted octanol–water partition coefficient (Wildman–Crippen LogP) is 3.23. The van der Waals surface area contributed by atoms with E-state index < -0.39 is 0 Å². The Balaban J connectivity index is 1.65. The lowest BCUT2D eigenvalue weighted by molar-refractivity contribution is 0.155. The minimum atomic E-state index is 0.483. The molecule has 3 heterocycles. The molecule has 2 aliphatic rings. The molecule has 0 saturated carbocycles. The van der Waals surface area contributed by atoms with E-state index in [1.54, 1.807) is 0 Å². The van der Waals surface area contributed by atoms with Crippen molar-refractivity contribution in [3.63, 3.8) is 0 Å². The van der Waals surface area contributed by atoms with Crippen LogP contribution in [0.4, 0.5) is 5.82 Å². The van der Waals surface area contributed by atoms with Gasteiger partial charge < -0.3 is 9.64 Å². The number of hydrogen-bond acceptors (Lipinski definition) is 5. The van der Waals surface area contributed by atoms with Gasteiger partial charge >= 0.3 is 0 Å². The first kappa shape index (κ1) is 16.7. The van der Waals surface area contributed by atoms with Crippen LogP contribution in [-0.4, -0.2) is 54.3 Å². The highest BCUT2D eigenvalue weighted by Crippen LogP contribution is 2.26. The van der Waals surface area contributed by atoms with Gasteiger partial charge in [-0.1, -0.05) is 25.0 Å². The molecule has 2 aromatic rings. The topological polar surface area (TPSA) is 41.5 Å². The van der Waals surface area contributed by atoms with E-state index in [4.69, 9.17) is 14.7 Å². The summed E-state index contributed by atoms with van der Waals surface area (Å²) in [5.74, 6) is 2.05. The van der Waals surface area contributed by atoms with Crippen LogP contribution in [0.5, 0.6) is 0 Å². The Bertz CT molecular complexity index is 706. The highest BCUT2D eigenvalue weighted by molar-refractivity contribution is 5.89. The smallest absolute Gasteiger partial charge is 0.145 e. The van der Waals surface area contributed by atoms with Gasteiger partial charge in [0.05, 0.1) is 18.7 Å². The van der Waals surface area contributed by atoms with Gasteiger partial charge in [0.25, 0.3) is 0 Å². The number of anilines is 1. The second-order valence-electron chi connectivity index (χ2n) is 7.31. The molecule has 1 atom stereocenters. The standard InChI is InChI=1S/C20H28N4O/c1-23(16-10-13-25-15-16)14-19-21-18-9-5-4-8-17(18)20(22-19)24-11-6-2-3-7-12-24/h4-5,8-9,16H,2-3,6-7,10-15H2,1H3. The Morgan fingerprint density at radius 1 is 1.12 bits per heavy atom. The monoisotopic (exact) mass is 340 g/mol. The third-order valence-corrected chi connectivity index (χ3v) is 5.45. The second-order valence-corrected chi connectivity index (χ2v) is 7.31. The maximum Gasteiger partial charge on any atom is 0.145 e. The molecule has 0 amide bonds. The zero-order valence-electron chi connectivity index (χ0n) is 15.2. The van der Waals surface area contributed by atoms with Crippen molar-refractivity contribution >= 4 is 16.7 Å². The Hall–Kier alpha value is -1.72. The molecule has 134 valence electrons. The number of hydrogen-bond donors (Lipinski definition) is 0. The van der Waals surface area contributed by atoms with Gasteiger partial charge in [0.15, 0.2) is 0 Å².